The summed E-state index contributed by atoms with van der Waals surface area (Å²) in [7, 11) is 0. The molecule has 2 aromatic rings. The third-order valence-electron chi connectivity index (χ3n) is 3.95. The first-order valence-corrected chi connectivity index (χ1v) is 7.33. The molecule has 0 amide bonds. The van der Waals surface area contributed by atoms with Crippen LogP contribution in [-0.4, -0.2) is 42.4 Å². The van der Waals surface area contributed by atoms with Gasteiger partial charge in [-0.15, -0.1) is 0 Å². The fourth-order valence-corrected chi connectivity index (χ4v) is 2.69. The largest absolute Gasteiger partial charge is 0.492 e. The van der Waals surface area contributed by atoms with Crippen molar-refractivity contribution in [1.29, 1.82) is 0 Å². The highest BCUT2D eigenvalue weighted by Crippen LogP contribution is 2.20. The summed E-state index contributed by atoms with van der Waals surface area (Å²) in [6.07, 6.45) is 1.67. The first-order chi connectivity index (χ1) is 9.81. The van der Waals surface area contributed by atoms with E-state index in [2.05, 4.69) is 29.2 Å². The lowest BCUT2D eigenvalue weighted by molar-refractivity contribution is 0.0755. The fraction of sp³-hybridized carbons (Fsp3) is 0.412. The summed E-state index contributed by atoms with van der Waals surface area (Å²) in [5, 5.41) is 11.9. The number of hydrogen-bond acceptors (Lipinski definition) is 3. The van der Waals surface area contributed by atoms with Crippen LogP contribution in [0.2, 0.25) is 0 Å². The van der Waals surface area contributed by atoms with Crippen molar-refractivity contribution in [2.24, 2.45) is 0 Å². The van der Waals surface area contributed by atoms with Gasteiger partial charge in [-0.2, -0.15) is 0 Å². The second-order valence-corrected chi connectivity index (χ2v) is 5.43. The Hall–Kier alpha value is -1.58. The predicted molar refractivity (Wildman–Crippen MR) is 81.1 cm³/mol. The third-order valence-corrected chi connectivity index (χ3v) is 3.95. The topological polar surface area (TPSA) is 32.7 Å². The maximum absolute atomic E-state index is 9.47. The van der Waals surface area contributed by atoms with E-state index in [0.29, 0.717) is 6.61 Å². The molecule has 1 heterocycles. The van der Waals surface area contributed by atoms with Crippen LogP contribution >= 0.6 is 0 Å². The van der Waals surface area contributed by atoms with Crippen molar-refractivity contribution in [2.75, 3.05) is 26.2 Å². The minimum atomic E-state index is -0.104. The third kappa shape index (κ3) is 3.30. The van der Waals surface area contributed by atoms with E-state index in [9.17, 15) is 5.11 Å². The van der Waals surface area contributed by atoms with Crippen molar-refractivity contribution in [3.8, 4) is 5.75 Å². The van der Waals surface area contributed by atoms with E-state index in [1.165, 1.54) is 10.8 Å². The lowest BCUT2D eigenvalue weighted by Gasteiger charge is -2.29. The average Bonchev–Trinajstić information content (AvgIpc) is 2.49. The number of benzene rings is 2. The summed E-state index contributed by atoms with van der Waals surface area (Å²) in [4.78, 5) is 2.35. The highest BCUT2D eigenvalue weighted by atomic mass is 16.5. The van der Waals surface area contributed by atoms with Gasteiger partial charge in [0.25, 0.3) is 0 Å². The lowest BCUT2D eigenvalue weighted by atomic mass is 10.1. The van der Waals surface area contributed by atoms with Crippen LogP contribution in [-0.2, 0) is 0 Å². The molecule has 1 N–H and O–H groups in total. The number of likely N-dealkylation sites (tertiary alicyclic amines) is 1. The maximum atomic E-state index is 9.47. The number of fused-ring (bicyclic) bond motifs is 1. The summed E-state index contributed by atoms with van der Waals surface area (Å²) in [6.45, 7) is 3.58. The van der Waals surface area contributed by atoms with Gasteiger partial charge in [-0.3, -0.25) is 4.90 Å². The monoisotopic (exact) mass is 271 g/mol. The molecule has 3 rings (SSSR count). The van der Waals surface area contributed by atoms with E-state index in [0.717, 1.165) is 38.2 Å². The molecule has 1 aliphatic heterocycles. The second-order valence-electron chi connectivity index (χ2n) is 5.43. The van der Waals surface area contributed by atoms with Crippen LogP contribution in [0.25, 0.3) is 10.8 Å². The Morgan fingerprint density at radius 3 is 2.60 bits per heavy atom. The quantitative estimate of drug-likeness (QED) is 0.928. The van der Waals surface area contributed by atoms with Gasteiger partial charge in [-0.1, -0.05) is 30.3 Å². The molecule has 0 aliphatic carbocycles. The Labute approximate surface area is 119 Å². The molecule has 1 aliphatic rings. The van der Waals surface area contributed by atoms with E-state index in [4.69, 9.17) is 4.74 Å². The maximum Gasteiger partial charge on any atom is 0.120 e. The smallest absolute Gasteiger partial charge is 0.120 e. The molecule has 20 heavy (non-hydrogen) atoms. The first kappa shape index (κ1) is 13.4. The van der Waals surface area contributed by atoms with Gasteiger partial charge in [0.1, 0.15) is 12.4 Å². The van der Waals surface area contributed by atoms with E-state index >= 15 is 0 Å². The number of aliphatic hydroxyl groups excluding tert-OH is 1. The van der Waals surface area contributed by atoms with E-state index in [1.54, 1.807) is 0 Å². The number of piperidine rings is 1. The number of aliphatic hydroxyl groups is 1. The zero-order valence-electron chi connectivity index (χ0n) is 11.7. The van der Waals surface area contributed by atoms with Crippen LogP contribution in [0.4, 0.5) is 0 Å². The van der Waals surface area contributed by atoms with Gasteiger partial charge in [0.05, 0.1) is 6.10 Å². The summed E-state index contributed by atoms with van der Waals surface area (Å²) in [6, 6.07) is 14.5. The molecule has 0 radical (unpaired) electrons. The van der Waals surface area contributed by atoms with Crippen molar-refractivity contribution in [2.45, 2.75) is 18.9 Å². The average molecular weight is 271 g/mol. The van der Waals surface area contributed by atoms with Crippen LogP contribution < -0.4 is 4.74 Å². The molecule has 0 bridgehead atoms. The van der Waals surface area contributed by atoms with Gasteiger partial charge < -0.3 is 9.84 Å². The Bertz CT molecular complexity index is 562. The molecule has 0 unspecified atom stereocenters. The van der Waals surface area contributed by atoms with Crippen molar-refractivity contribution in [1.82, 2.24) is 4.90 Å². The van der Waals surface area contributed by atoms with Crippen LogP contribution in [0.3, 0.4) is 0 Å². The van der Waals surface area contributed by atoms with Crippen molar-refractivity contribution in [3.63, 3.8) is 0 Å². The van der Waals surface area contributed by atoms with Crippen LogP contribution in [0.1, 0.15) is 12.8 Å². The van der Waals surface area contributed by atoms with E-state index in [-0.39, 0.29) is 6.10 Å². The minimum absolute atomic E-state index is 0.104. The van der Waals surface area contributed by atoms with Crippen LogP contribution in [0, 0.1) is 0 Å². The molecule has 0 atom stereocenters. The van der Waals surface area contributed by atoms with Gasteiger partial charge >= 0.3 is 0 Å². The highest BCUT2D eigenvalue weighted by molar-refractivity contribution is 5.83. The molecule has 1 fully saturated rings. The SMILES string of the molecule is OC1CCN(CCOc2ccc3ccccc3c2)CC1. The standard InChI is InChI=1S/C17H21NO2/c19-16-7-9-18(10-8-16)11-12-20-17-6-5-14-3-1-2-4-15(14)13-17/h1-6,13,16,19H,7-12H2. The fourth-order valence-electron chi connectivity index (χ4n) is 2.69. The van der Waals surface area contributed by atoms with Gasteiger partial charge in [0.15, 0.2) is 0 Å². The zero-order chi connectivity index (χ0) is 13.8. The Balaban J connectivity index is 1.52. The van der Waals surface area contributed by atoms with E-state index in [1.807, 2.05) is 18.2 Å². The second kappa shape index (κ2) is 6.25. The molecule has 106 valence electrons. The number of ether oxygens (including phenoxy) is 1. The summed E-state index contributed by atoms with van der Waals surface area (Å²) in [5.41, 5.74) is 0. The molecular weight excluding hydrogens is 250 g/mol. The molecule has 0 spiro atoms. The van der Waals surface area contributed by atoms with Gasteiger partial charge in [-0.05, 0) is 35.7 Å². The lowest BCUT2D eigenvalue weighted by Crippen LogP contribution is -2.38. The summed E-state index contributed by atoms with van der Waals surface area (Å²) >= 11 is 0. The Morgan fingerprint density at radius 1 is 1.05 bits per heavy atom. The molecule has 0 saturated carbocycles. The molecule has 2 aromatic carbocycles. The predicted octanol–water partition coefficient (Wildman–Crippen LogP) is 2.68. The van der Waals surface area contributed by atoms with Gasteiger partial charge in [0, 0.05) is 19.6 Å². The summed E-state index contributed by atoms with van der Waals surface area (Å²) < 4.78 is 5.84. The van der Waals surface area contributed by atoms with Crippen molar-refractivity contribution in [3.05, 3.63) is 42.5 Å². The Morgan fingerprint density at radius 2 is 1.80 bits per heavy atom. The molecular formula is C17H21NO2. The van der Waals surface area contributed by atoms with Gasteiger partial charge in [0.2, 0.25) is 0 Å². The number of nitrogens with zero attached hydrogens (tertiary/aromatic N) is 1. The zero-order valence-corrected chi connectivity index (χ0v) is 11.7. The van der Waals surface area contributed by atoms with Crippen molar-refractivity contribution >= 4 is 10.8 Å². The molecule has 3 nitrogen and oxygen atoms in total. The molecule has 0 aromatic heterocycles. The molecule has 3 heteroatoms. The minimum Gasteiger partial charge on any atom is -0.492 e. The van der Waals surface area contributed by atoms with Crippen molar-refractivity contribution < 1.29 is 9.84 Å². The highest BCUT2D eigenvalue weighted by Gasteiger charge is 2.16. The Kier molecular flexibility index (Phi) is 4.19. The van der Waals surface area contributed by atoms with Crippen LogP contribution in [0.15, 0.2) is 42.5 Å². The number of hydrogen-bond donors (Lipinski definition) is 1. The van der Waals surface area contributed by atoms with E-state index < -0.39 is 0 Å². The normalized spacial score (nSPS) is 17.4. The van der Waals surface area contributed by atoms with Gasteiger partial charge in [-0.25, -0.2) is 0 Å². The first-order valence-electron chi connectivity index (χ1n) is 7.33. The molecule has 1 saturated heterocycles. The van der Waals surface area contributed by atoms with Crippen LogP contribution in [0.5, 0.6) is 5.75 Å². The number of rotatable bonds is 4. The summed E-state index contributed by atoms with van der Waals surface area (Å²) in [5.74, 6) is 0.931.